The number of hydrogen-bond donors (Lipinski definition) is 2. The summed E-state index contributed by atoms with van der Waals surface area (Å²) in [6.07, 6.45) is 0.313. The van der Waals surface area contributed by atoms with Crippen molar-refractivity contribution in [3.8, 4) is 0 Å². The molecule has 1 aromatic heterocycles. The van der Waals surface area contributed by atoms with Crippen LogP contribution in [0, 0.1) is 0 Å². The summed E-state index contributed by atoms with van der Waals surface area (Å²) < 4.78 is 0. The number of H-pyrrole nitrogens is 1. The van der Waals surface area contributed by atoms with Gasteiger partial charge in [-0.2, -0.15) is 0 Å². The first kappa shape index (κ1) is 14.3. The number of carbonyl (C=O) groups is 1. The molecule has 78 valence electrons. The maximum atomic E-state index is 10.4. The van der Waals surface area contributed by atoms with Crippen LogP contribution in [0.2, 0.25) is 0 Å². The second-order valence-electron chi connectivity index (χ2n) is 3.40. The van der Waals surface area contributed by atoms with Crippen LogP contribution in [0.25, 0.3) is 10.9 Å². The maximum Gasteiger partial charge on any atom is 1.00 e. The second kappa shape index (κ2) is 6.25. The molecule has 16 heavy (non-hydrogen) atoms. The number of aromatic nitrogens is 1. The van der Waals surface area contributed by atoms with Gasteiger partial charge in [-0.25, -0.2) is 0 Å². The number of fused-ring (bicyclic) bond motifs is 1. The first-order valence-corrected chi connectivity index (χ1v) is 4.62. The molecule has 0 saturated heterocycles. The number of hydrogen-bond acceptors (Lipinski definition) is 3. The third kappa shape index (κ3) is 3.13. The number of aliphatic hydroxyl groups is 1. The summed E-state index contributed by atoms with van der Waals surface area (Å²) in [5, 5.41) is 20.5. The second-order valence-corrected chi connectivity index (χ2v) is 3.40. The smallest absolute Gasteiger partial charge is 0.547 e. The van der Waals surface area contributed by atoms with Crippen molar-refractivity contribution in [3.05, 3.63) is 36.0 Å². The Morgan fingerprint density at radius 1 is 1.44 bits per heavy atom. The van der Waals surface area contributed by atoms with Gasteiger partial charge in [-0.1, -0.05) is 18.2 Å². The van der Waals surface area contributed by atoms with Crippen molar-refractivity contribution < 1.29 is 83.9 Å². The summed E-state index contributed by atoms with van der Waals surface area (Å²) in [6, 6.07) is 7.52. The van der Waals surface area contributed by atoms with Gasteiger partial charge < -0.3 is 20.0 Å². The van der Waals surface area contributed by atoms with E-state index in [9.17, 15) is 15.0 Å². The van der Waals surface area contributed by atoms with E-state index >= 15 is 0 Å². The van der Waals surface area contributed by atoms with Crippen molar-refractivity contribution >= 4 is 16.9 Å². The SMILES string of the molecule is O=C([O-])C(O)Cc1c[nH]c2ccccc12.[Cs+]. The molecular weight excluding hydrogens is 327 g/mol. The van der Waals surface area contributed by atoms with Crippen LogP contribution in [0.4, 0.5) is 0 Å². The summed E-state index contributed by atoms with van der Waals surface area (Å²) in [5.74, 6) is -1.44. The minimum Gasteiger partial charge on any atom is -0.547 e. The number of para-hydroxylation sites is 1. The number of aliphatic carboxylic acids is 1. The third-order valence-electron chi connectivity index (χ3n) is 2.36. The van der Waals surface area contributed by atoms with Crippen molar-refractivity contribution in [2.75, 3.05) is 0 Å². The fraction of sp³-hybridized carbons (Fsp3) is 0.182. The fourth-order valence-corrected chi connectivity index (χ4v) is 1.59. The molecule has 0 saturated carbocycles. The van der Waals surface area contributed by atoms with Gasteiger partial charge in [0.15, 0.2) is 0 Å². The van der Waals surface area contributed by atoms with Crippen molar-refractivity contribution in [1.82, 2.24) is 4.98 Å². The topological polar surface area (TPSA) is 76.2 Å². The van der Waals surface area contributed by atoms with Gasteiger partial charge >= 0.3 is 68.9 Å². The Morgan fingerprint density at radius 2 is 2.12 bits per heavy atom. The van der Waals surface area contributed by atoms with E-state index in [4.69, 9.17) is 0 Å². The normalized spacial score (nSPS) is 12.1. The molecule has 5 heteroatoms. The van der Waals surface area contributed by atoms with Crippen LogP contribution in [-0.4, -0.2) is 22.2 Å². The predicted molar refractivity (Wildman–Crippen MR) is 53.0 cm³/mol. The molecule has 0 bridgehead atoms. The molecule has 1 atom stereocenters. The van der Waals surface area contributed by atoms with Gasteiger partial charge in [0.1, 0.15) is 0 Å². The van der Waals surface area contributed by atoms with Gasteiger partial charge in [0.25, 0.3) is 0 Å². The summed E-state index contributed by atoms with van der Waals surface area (Å²) in [7, 11) is 0. The van der Waals surface area contributed by atoms with Crippen LogP contribution in [0.15, 0.2) is 30.5 Å². The summed E-state index contributed by atoms with van der Waals surface area (Å²) in [6.45, 7) is 0. The monoisotopic (exact) mass is 337 g/mol. The van der Waals surface area contributed by atoms with Gasteiger partial charge in [-0.3, -0.25) is 0 Å². The average molecular weight is 337 g/mol. The summed E-state index contributed by atoms with van der Waals surface area (Å²) in [5.41, 5.74) is 1.71. The molecule has 2 rings (SSSR count). The van der Waals surface area contributed by atoms with Gasteiger partial charge in [0.05, 0.1) is 12.1 Å². The number of nitrogens with one attached hydrogen (secondary N) is 1. The summed E-state index contributed by atoms with van der Waals surface area (Å²) in [4.78, 5) is 13.4. The Hall–Kier alpha value is 0.242. The molecule has 0 aliphatic rings. The number of aromatic amines is 1. The molecule has 2 aromatic rings. The standard InChI is InChI=1S/C11H11NO3.Cs/c13-10(11(14)15)5-7-6-12-9-4-2-1-3-8(7)9;/h1-4,6,10,12-13H,5H2,(H,14,15);/q;+1/p-1. The number of carboxylic acids is 1. The molecule has 0 aliphatic carbocycles. The molecule has 1 unspecified atom stereocenters. The molecular formula is C11H10CsNO3. The summed E-state index contributed by atoms with van der Waals surface area (Å²) >= 11 is 0. The molecule has 1 heterocycles. The average Bonchev–Trinajstić information content (AvgIpc) is 2.62. The number of carbonyl (C=O) groups excluding carboxylic acids is 1. The number of aliphatic hydroxyl groups excluding tert-OH is 1. The van der Waals surface area contributed by atoms with E-state index in [0.717, 1.165) is 16.5 Å². The molecule has 0 spiro atoms. The first-order chi connectivity index (χ1) is 7.18. The molecule has 0 aliphatic heterocycles. The third-order valence-corrected chi connectivity index (χ3v) is 2.36. The zero-order valence-electron chi connectivity index (χ0n) is 8.93. The van der Waals surface area contributed by atoms with Gasteiger partial charge in [0.2, 0.25) is 0 Å². The Balaban J connectivity index is 0.00000128. The largest absolute Gasteiger partial charge is 1.00 e. The zero-order valence-corrected chi connectivity index (χ0v) is 15.2. The Bertz CT molecular complexity index is 495. The van der Waals surface area contributed by atoms with E-state index < -0.39 is 12.1 Å². The van der Waals surface area contributed by atoms with E-state index in [-0.39, 0.29) is 75.3 Å². The van der Waals surface area contributed by atoms with Crippen molar-refractivity contribution in [2.45, 2.75) is 12.5 Å². The molecule has 2 N–H and O–H groups in total. The molecule has 1 aromatic carbocycles. The predicted octanol–water partition coefficient (Wildman–Crippen LogP) is -3.17. The van der Waals surface area contributed by atoms with E-state index in [1.54, 1.807) is 6.20 Å². The van der Waals surface area contributed by atoms with Crippen LogP contribution in [0.5, 0.6) is 0 Å². The van der Waals surface area contributed by atoms with Crippen molar-refractivity contribution in [3.63, 3.8) is 0 Å². The number of carboxylic acid groups (broad SMARTS) is 1. The van der Waals surface area contributed by atoms with Crippen LogP contribution in [0.3, 0.4) is 0 Å². The van der Waals surface area contributed by atoms with Gasteiger partial charge in [-0.05, 0) is 11.6 Å². The maximum absolute atomic E-state index is 10.4. The van der Waals surface area contributed by atoms with Crippen molar-refractivity contribution in [2.24, 2.45) is 0 Å². The van der Waals surface area contributed by atoms with Crippen LogP contribution in [-0.2, 0) is 11.2 Å². The van der Waals surface area contributed by atoms with E-state index in [0.29, 0.717) is 0 Å². The Kier molecular flexibility index (Phi) is 5.59. The minimum atomic E-state index is -1.45. The molecule has 4 nitrogen and oxygen atoms in total. The Labute approximate surface area is 151 Å². The van der Waals surface area contributed by atoms with Gasteiger partial charge in [-0.15, -0.1) is 0 Å². The Morgan fingerprint density at radius 3 is 2.81 bits per heavy atom. The first-order valence-electron chi connectivity index (χ1n) is 4.62. The van der Waals surface area contributed by atoms with E-state index in [1.807, 2.05) is 24.3 Å². The molecule has 0 radical (unpaired) electrons. The van der Waals surface area contributed by atoms with Crippen LogP contribution >= 0.6 is 0 Å². The number of rotatable bonds is 3. The van der Waals surface area contributed by atoms with E-state index in [2.05, 4.69) is 4.98 Å². The molecule has 0 amide bonds. The number of benzene rings is 1. The fourth-order valence-electron chi connectivity index (χ4n) is 1.59. The van der Waals surface area contributed by atoms with Crippen molar-refractivity contribution in [1.29, 1.82) is 0 Å². The van der Waals surface area contributed by atoms with Crippen LogP contribution < -0.4 is 74.0 Å². The van der Waals surface area contributed by atoms with E-state index in [1.165, 1.54) is 0 Å². The quantitative estimate of drug-likeness (QED) is 0.620. The zero-order chi connectivity index (χ0) is 10.8. The van der Waals surface area contributed by atoms with Crippen LogP contribution in [0.1, 0.15) is 5.56 Å². The minimum absolute atomic E-state index is 0. The molecule has 0 fully saturated rings. The van der Waals surface area contributed by atoms with Gasteiger partial charge in [0, 0.05) is 23.5 Å².